The monoisotopic (exact) mass is 247 g/mol. The molecular formula is C10H14ClNO2S. The van der Waals surface area contributed by atoms with Crippen LogP contribution in [0.25, 0.3) is 0 Å². The maximum absolute atomic E-state index is 11.3. The van der Waals surface area contributed by atoms with E-state index in [1.54, 1.807) is 31.2 Å². The maximum atomic E-state index is 11.3. The number of benzene rings is 1. The van der Waals surface area contributed by atoms with E-state index in [-0.39, 0.29) is 11.5 Å². The third kappa shape index (κ3) is 3.81. The Bertz CT molecular complexity index is 414. The van der Waals surface area contributed by atoms with Crippen molar-refractivity contribution in [3.05, 3.63) is 34.9 Å². The molecule has 84 valence electrons. The third-order valence-electron chi connectivity index (χ3n) is 2.17. The lowest BCUT2D eigenvalue weighted by Crippen LogP contribution is -2.22. The molecule has 1 aromatic carbocycles. The number of sulfone groups is 1. The first kappa shape index (κ1) is 12.5. The molecule has 0 aliphatic heterocycles. The smallest absolute Gasteiger partial charge is 0.151 e. The quantitative estimate of drug-likeness (QED) is 0.882. The van der Waals surface area contributed by atoms with Crippen LogP contribution in [0, 0.1) is 0 Å². The van der Waals surface area contributed by atoms with Crippen LogP contribution in [0.2, 0.25) is 5.02 Å². The summed E-state index contributed by atoms with van der Waals surface area (Å²) >= 11 is 5.72. The summed E-state index contributed by atoms with van der Waals surface area (Å²) in [6, 6.07) is 6.42. The van der Waals surface area contributed by atoms with Gasteiger partial charge in [-0.15, -0.1) is 0 Å². The Balaban J connectivity index is 2.78. The molecule has 0 aliphatic carbocycles. The fourth-order valence-corrected chi connectivity index (χ4v) is 2.30. The molecule has 5 heteroatoms. The lowest BCUT2D eigenvalue weighted by Gasteiger charge is -2.11. The lowest BCUT2D eigenvalue weighted by molar-refractivity contribution is 0.590. The van der Waals surface area contributed by atoms with Crippen LogP contribution in [0.4, 0.5) is 0 Å². The van der Waals surface area contributed by atoms with Gasteiger partial charge in [-0.3, -0.25) is 0 Å². The molecule has 0 radical (unpaired) electrons. The molecule has 1 atom stereocenters. The highest BCUT2D eigenvalue weighted by Crippen LogP contribution is 2.16. The van der Waals surface area contributed by atoms with Crippen molar-refractivity contribution < 1.29 is 8.42 Å². The molecule has 0 aromatic heterocycles. The van der Waals surface area contributed by atoms with Crippen LogP contribution in [-0.2, 0) is 9.84 Å². The van der Waals surface area contributed by atoms with Crippen molar-refractivity contribution in [2.75, 3.05) is 11.5 Å². The van der Waals surface area contributed by atoms with Crippen LogP contribution in [0.15, 0.2) is 24.3 Å². The van der Waals surface area contributed by atoms with E-state index < -0.39 is 15.9 Å². The minimum atomic E-state index is -3.03. The summed E-state index contributed by atoms with van der Waals surface area (Å²) in [5, 5.41) is 0.615. The summed E-state index contributed by atoms with van der Waals surface area (Å²) < 4.78 is 22.7. The molecule has 0 spiro atoms. The molecule has 1 aromatic rings. The molecule has 0 unspecified atom stereocenters. The highest BCUT2D eigenvalue weighted by molar-refractivity contribution is 7.91. The van der Waals surface area contributed by atoms with Crippen molar-refractivity contribution in [3.63, 3.8) is 0 Å². The van der Waals surface area contributed by atoms with Crippen molar-refractivity contribution in [2.24, 2.45) is 5.73 Å². The Morgan fingerprint density at radius 1 is 1.33 bits per heavy atom. The molecule has 0 fully saturated rings. The molecule has 1 rings (SSSR count). The van der Waals surface area contributed by atoms with E-state index in [1.165, 1.54) is 0 Å². The Hall–Kier alpha value is -0.580. The van der Waals surface area contributed by atoms with Crippen LogP contribution < -0.4 is 5.73 Å². The summed E-state index contributed by atoms with van der Waals surface area (Å²) in [6.45, 7) is 1.61. The van der Waals surface area contributed by atoms with Gasteiger partial charge in [-0.25, -0.2) is 8.42 Å². The number of halogens is 1. The van der Waals surface area contributed by atoms with Gasteiger partial charge in [0.25, 0.3) is 0 Å². The molecule has 0 heterocycles. The van der Waals surface area contributed by atoms with Crippen LogP contribution in [0.1, 0.15) is 18.5 Å². The van der Waals surface area contributed by atoms with Gasteiger partial charge >= 0.3 is 0 Å². The van der Waals surface area contributed by atoms with Crippen LogP contribution in [0.5, 0.6) is 0 Å². The Morgan fingerprint density at radius 3 is 2.33 bits per heavy atom. The molecule has 0 amide bonds. The topological polar surface area (TPSA) is 60.2 Å². The normalized spacial score (nSPS) is 13.8. The fourth-order valence-electron chi connectivity index (χ4n) is 1.20. The van der Waals surface area contributed by atoms with Gasteiger partial charge in [0, 0.05) is 16.8 Å². The SMILES string of the molecule is CCS(=O)(=O)C[C@H](N)c1ccc(Cl)cc1. The molecule has 0 saturated carbocycles. The molecule has 0 bridgehead atoms. The highest BCUT2D eigenvalue weighted by atomic mass is 35.5. The minimum absolute atomic E-state index is 0.0227. The second-order valence-electron chi connectivity index (χ2n) is 3.36. The Kier molecular flexibility index (Phi) is 4.13. The van der Waals surface area contributed by atoms with E-state index in [9.17, 15) is 8.42 Å². The molecule has 0 saturated heterocycles. The van der Waals surface area contributed by atoms with E-state index >= 15 is 0 Å². The van der Waals surface area contributed by atoms with Crippen molar-refractivity contribution in [2.45, 2.75) is 13.0 Å². The van der Waals surface area contributed by atoms with E-state index in [0.717, 1.165) is 5.56 Å². The first-order valence-corrected chi connectivity index (χ1v) is 6.86. The summed E-state index contributed by atoms with van der Waals surface area (Å²) in [6.07, 6.45) is 0. The number of nitrogens with two attached hydrogens (primary N) is 1. The summed E-state index contributed by atoms with van der Waals surface area (Å²) in [5.41, 5.74) is 6.57. The largest absolute Gasteiger partial charge is 0.323 e. The Labute approximate surface area is 95.2 Å². The van der Waals surface area contributed by atoms with Gasteiger partial charge in [0.05, 0.1) is 5.75 Å². The summed E-state index contributed by atoms with van der Waals surface area (Å²) in [7, 11) is -3.03. The van der Waals surface area contributed by atoms with Crippen molar-refractivity contribution >= 4 is 21.4 Å². The van der Waals surface area contributed by atoms with Crippen molar-refractivity contribution in [1.82, 2.24) is 0 Å². The number of rotatable bonds is 4. The van der Waals surface area contributed by atoms with E-state index in [0.29, 0.717) is 5.02 Å². The van der Waals surface area contributed by atoms with E-state index in [4.69, 9.17) is 17.3 Å². The molecule has 2 N–H and O–H groups in total. The van der Waals surface area contributed by atoms with Gasteiger partial charge < -0.3 is 5.73 Å². The summed E-state index contributed by atoms with van der Waals surface area (Å²) in [5.74, 6) is 0.0966. The molecule has 15 heavy (non-hydrogen) atoms. The predicted molar refractivity (Wildman–Crippen MR) is 62.7 cm³/mol. The minimum Gasteiger partial charge on any atom is -0.323 e. The van der Waals surface area contributed by atoms with E-state index in [2.05, 4.69) is 0 Å². The first-order valence-electron chi connectivity index (χ1n) is 4.66. The number of hydrogen-bond acceptors (Lipinski definition) is 3. The van der Waals surface area contributed by atoms with Gasteiger partial charge in [-0.2, -0.15) is 0 Å². The highest BCUT2D eigenvalue weighted by Gasteiger charge is 2.15. The number of hydrogen-bond donors (Lipinski definition) is 1. The van der Waals surface area contributed by atoms with Gasteiger partial charge in [0.2, 0.25) is 0 Å². The summed E-state index contributed by atoms with van der Waals surface area (Å²) in [4.78, 5) is 0. The Morgan fingerprint density at radius 2 is 1.87 bits per heavy atom. The molecule has 3 nitrogen and oxygen atoms in total. The maximum Gasteiger partial charge on any atom is 0.151 e. The van der Waals surface area contributed by atoms with Gasteiger partial charge in [-0.05, 0) is 17.7 Å². The van der Waals surface area contributed by atoms with Crippen molar-refractivity contribution in [3.8, 4) is 0 Å². The lowest BCUT2D eigenvalue weighted by atomic mass is 10.1. The van der Waals surface area contributed by atoms with Gasteiger partial charge in [-0.1, -0.05) is 30.7 Å². The first-order chi connectivity index (χ1) is 6.94. The third-order valence-corrected chi connectivity index (χ3v) is 4.17. The zero-order valence-corrected chi connectivity index (χ0v) is 10.1. The second-order valence-corrected chi connectivity index (χ2v) is 6.19. The average Bonchev–Trinajstić information content (AvgIpc) is 2.18. The van der Waals surface area contributed by atoms with Crippen LogP contribution >= 0.6 is 11.6 Å². The fraction of sp³-hybridized carbons (Fsp3) is 0.400. The molecule has 0 aliphatic rings. The zero-order chi connectivity index (χ0) is 11.5. The van der Waals surface area contributed by atoms with Crippen molar-refractivity contribution in [1.29, 1.82) is 0 Å². The molecular weight excluding hydrogens is 234 g/mol. The van der Waals surface area contributed by atoms with Gasteiger partial charge in [0.1, 0.15) is 0 Å². The second kappa shape index (κ2) is 4.96. The predicted octanol–water partition coefficient (Wildman–Crippen LogP) is 1.77. The zero-order valence-electron chi connectivity index (χ0n) is 8.48. The van der Waals surface area contributed by atoms with E-state index in [1.807, 2.05) is 0 Å². The van der Waals surface area contributed by atoms with Gasteiger partial charge in [0.15, 0.2) is 9.84 Å². The average molecular weight is 248 g/mol. The van der Waals surface area contributed by atoms with Crippen LogP contribution in [0.3, 0.4) is 0 Å². The standard InChI is InChI=1S/C10H14ClNO2S/c1-2-15(13,14)7-10(12)8-3-5-9(11)6-4-8/h3-6,10H,2,7,12H2,1H3/t10-/m0/s1. The van der Waals surface area contributed by atoms with Crippen LogP contribution in [-0.4, -0.2) is 19.9 Å².